The molecule has 0 aliphatic carbocycles. The molecule has 0 saturated carbocycles. The van der Waals surface area contributed by atoms with Crippen LogP contribution >= 0.6 is 0 Å². The first-order valence-electron chi connectivity index (χ1n) is 6.34. The first-order valence-corrected chi connectivity index (χ1v) is 6.34. The quantitative estimate of drug-likeness (QED) is 0.582. The van der Waals surface area contributed by atoms with Gasteiger partial charge in [-0.3, -0.25) is 4.79 Å². The van der Waals surface area contributed by atoms with Gasteiger partial charge in [0.05, 0.1) is 0 Å². The molecule has 0 spiro atoms. The number of hydrogen-bond donors (Lipinski definition) is 1. The lowest BCUT2D eigenvalue weighted by atomic mass is 9.92. The molecular weight excluding hydrogens is 250 g/mol. The second-order valence-electron chi connectivity index (χ2n) is 4.54. The molecule has 1 rings (SSSR count). The molecule has 20 heavy (non-hydrogen) atoms. The number of nitrogens with one attached hydrogen (secondary N) is 1. The van der Waals surface area contributed by atoms with E-state index in [-0.39, 0.29) is 5.91 Å². The fourth-order valence-electron chi connectivity index (χ4n) is 1.90. The zero-order valence-electron chi connectivity index (χ0n) is 11.5. The average Bonchev–Trinajstić information content (AvgIpc) is 2.47. The van der Waals surface area contributed by atoms with Crippen molar-refractivity contribution >= 4 is 18.3 Å². The second-order valence-corrected chi connectivity index (χ2v) is 4.54. The lowest BCUT2D eigenvalue weighted by Crippen LogP contribution is -2.49. The fraction of sp³-hybridized carbons (Fsp3) is 0.176. The summed E-state index contributed by atoms with van der Waals surface area (Å²) in [7, 11) is 0. The van der Waals surface area contributed by atoms with Crippen molar-refractivity contribution < 1.29 is 9.59 Å². The van der Waals surface area contributed by atoms with Gasteiger partial charge >= 0.3 is 0 Å². The smallest absolute Gasteiger partial charge is 0.252 e. The lowest BCUT2D eigenvalue weighted by molar-refractivity contribution is -0.113. The number of rotatable bonds is 8. The fourth-order valence-corrected chi connectivity index (χ4v) is 1.90. The van der Waals surface area contributed by atoms with Crippen LogP contribution in [-0.2, 0) is 4.79 Å². The van der Waals surface area contributed by atoms with Crippen molar-refractivity contribution in [2.45, 2.75) is 18.4 Å². The van der Waals surface area contributed by atoms with E-state index in [2.05, 4.69) is 25.1 Å². The Morgan fingerprint density at radius 1 is 1.10 bits per heavy atom. The Balaban J connectivity index is 2.93. The van der Waals surface area contributed by atoms with Crippen LogP contribution in [0.5, 0.6) is 0 Å². The van der Waals surface area contributed by atoms with Gasteiger partial charge in [-0.15, -0.1) is 13.2 Å². The number of benzene rings is 1. The van der Waals surface area contributed by atoms with Crippen molar-refractivity contribution in [2.24, 2.45) is 0 Å². The Hall–Kier alpha value is -2.42. The highest BCUT2D eigenvalue weighted by Gasteiger charge is 2.29. The summed E-state index contributed by atoms with van der Waals surface area (Å²) >= 11 is 0. The molecule has 3 heteroatoms. The molecule has 0 atom stereocenters. The Bertz CT molecular complexity index is 504. The summed E-state index contributed by atoms with van der Waals surface area (Å²) in [4.78, 5) is 23.6. The SMILES string of the molecule is C=CCC(C=O)(CC=C)NC(=O)c1ccc(C=C)cc1. The molecular formula is C17H19NO2. The second kappa shape index (κ2) is 7.24. The van der Waals surface area contributed by atoms with E-state index in [1.54, 1.807) is 42.5 Å². The number of carbonyl (C=O) groups is 2. The van der Waals surface area contributed by atoms with Crippen molar-refractivity contribution in [3.8, 4) is 0 Å². The van der Waals surface area contributed by atoms with Gasteiger partial charge in [0.15, 0.2) is 0 Å². The van der Waals surface area contributed by atoms with E-state index in [0.29, 0.717) is 18.4 Å². The summed E-state index contributed by atoms with van der Waals surface area (Å²) in [5.41, 5.74) is 0.452. The highest BCUT2D eigenvalue weighted by Crippen LogP contribution is 2.16. The number of amides is 1. The van der Waals surface area contributed by atoms with Crippen molar-refractivity contribution in [3.05, 3.63) is 67.3 Å². The average molecular weight is 269 g/mol. The largest absolute Gasteiger partial charge is 0.339 e. The van der Waals surface area contributed by atoms with Crippen molar-refractivity contribution in [1.82, 2.24) is 5.32 Å². The van der Waals surface area contributed by atoms with Gasteiger partial charge in [0, 0.05) is 5.56 Å². The summed E-state index contributed by atoms with van der Waals surface area (Å²) in [6, 6.07) is 6.99. The predicted octanol–water partition coefficient (Wildman–Crippen LogP) is 3.15. The molecule has 0 aromatic heterocycles. The number of aldehydes is 1. The van der Waals surface area contributed by atoms with Crippen molar-refractivity contribution in [2.75, 3.05) is 0 Å². The van der Waals surface area contributed by atoms with Gasteiger partial charge in [-0.1, -0.05) is 36.9 Å². The summed E-state index contributed by atoms with van der Waals surface area (Å²) in [6.07, 6.45) is 6.38. The first-order chi connectivity index (χ1) is 9.60. The van der Waals surface area contributed by atoms with E-state index in [1.807, 2.05) is 0 Å². The molecule has 1 amide bonds. The van der Waals surface area contributed by atoms with Crippen LogP contribution in [0.25, 0.3) is 6.08 Å². The van der Waals surface area contributed by atoms with E-state index >= 15 is 0 Å². The first kappa shape index (κ1) is 15.6. The van der Waals surface area contributed by atoms with Gasteiger partial charge in [0.25, 0.3) is 5.91 Å². The molecule has 0 saturated heterocycles. The summed E-state index contributed by atoms with van der Waals surface area (Å²) in [6.45, 7) is 10.9. The minimum atomic E-state index is -0.975. The molecule has 0 aliphatic heterocycles. The molecule has 0 bridgehead atoms. The van der Waals surface area contributed by atoms with Crippen LogP contribution in [0.1, 0.15) is 28.8 Å². The van der Waals surface area contributed by atoms with Crippen LogP contribution in [0.4, 0.5) is 0 Å². The normalized spacial score (nSPS) is 10.4. The highest BCUT2D eigenvalue weighted by atomic mass is 16.2. The highest BCUT2D eigenvalue weighted by molar-refractivity contribution is 5.96. The van der Waals surface area contributed by atoms with E-state index in [9.17, 15) is 9.59 Å². The van der Waals surface area contributed by atoms with Crippen LogP contribution in [0.15, 0.2) is 56.2 Å². The molecule has 1 aromatic carbocycles. The zero-order chi connectivity index (χ0) is 15.0. The Labute approximate surface area is 119 Å². The molecule has 104 valence electrons. The standard InChI is InChI=1S/C17H19NO2/c1-4-11-17(13-19,12-5-2)18-16(20)15-9-7-14(6-3)8-10-15/h4-10,13H,1-3,11-12H2,(H,18,20). The third-order valence-corrected chi connectivity index (χ3v) is 3.01. The summed E-state index contributed by atoms with van der Waals surface area (Å²) in [5, 5.41) is 2.76. The molecule has 0 aliphatic rings. The van der Waals surface area contributed by atoms with Crippen molar-refractivity contribution in [1.29, 1.82) is 0 Å². The van der Waals surface area contributed by atoms with Gasteiger partial charge < -0.3 is 10.1 Å². The Kier molecular flexibility index (Phi) is 5.66. The maximum absolute atomic E-state index is 12.2. The Morgan fingerprint density at radius 2 is 1.65 bits per heavy atom. The molecule has 0 unspecified atom stereocenters. The van der Waals surface area contributed by atoms with Crippen LogP contribution in [-0.4, -0.2) is 17.7 Å². The maximum Gasteiger partial charge on any atom is 0.252 e. The Morgan fingerprint density at radius 3 is 2.05 bits per heavy atom. The van der Waals surface area contributed by atoms with Crippen LogP contribution in [0.3, 0.4) is 0 Å². The third kappa shape index (κ3) is 3.79. The lowest BCUT2D eigenvalue weighted by Gasteiger charge is -2.27. The van der Waals surface area contributed by atoms with Crippen LogP contribution in [0, 0.1) is 0 Å². The topological polar surface area (TPSA) is 46.2 Å². The van der Waals surface area contributed by atoms with Crippen LogP contribution in [0.2, 0.25) is 0 Å². The summed E-state index contributed by atoms with van der Waals surface area (Å²) < 4.78 is 0. The molecule has 1 N–H and O–H groups in total. The minimum Gasteiger partial charge on any atom is -0.339 e. The van der Waals surface area contributed by atoms with E-state index in [1.165, 1.54) is 0 Å². The zero-order valence-corrected chi connectivity index (χ0v) is 11.5. The molecule has 0 fully saturated rings. The van der Waals surface area contributed by atoms with Gasteiger partial charge in [-0.25, -0.2) is 0 Å². The maximum atomic E-state index is 12.2. The molecule has 0 heterocycles. The van der Waals surface area contributed by atoms with Crippen molar-refractivity contribution in [3.63, 3.8) is 0 Å². The molecule has 0 radical (unpaired) electrons. The molecule has 3 nitrogen and oxygen atoms in total. The predicted molar refractivity (Wildman–Crippen MR) is 82.4 cm³/mol. The number of carbonyl (C=O) groups excluding carboxylic acids is 2. The molecule has 1 aromatic rings. The van der Waals surface area contributed by atoms with Gasteiger partial charge in [-0.2, -0.15) is 0 Å². The van der Waals surface area contributed by atoms with E-state index in [4.69, 9.17) is 0 Å². The third-order valence-electron chi connectivity index (χ3n) is 3.01. The van der Waals surface area contributed by atoms with E-state index < -0.39 is 5.54 Å². The minimum absolute atomic E-state index is 0.295. The van der Waals surface area contributed by atoms with Gasteiger partial charge in [-0.05, 0) is 30.5 Å². The number of hydrogen-bond acceptors (Lipinski definition) is 2. The monoisotopic (exact) mass is 269 g/mol. The van der Waals surface area contributed by atoms with Gasteiger partial charge in [0.1, 0.15) is 11.8 Å². The van der Waals surface area contributed by atoms with Crippen LogP contribution < -0.4 is 5.32 Å². The van der Waals surface area contributed by atoms with Gasteiger partial charge in [0.2, 0.25) is 0 Å². The van der Waals surface area contributed by atoms with E-state index in [0.717, 1.165) is 11.8 Å². The summed E-state index contributed by atoms with van der Waals surface area (Å²) in [5.74, 6) is -0.295.